The minimum atomic E-state index is -4.01. The summed E-state index contributed by atoms with van der Waals surface area (Å²) in [5.41, 5.74) is 7.11. The minimum Gasteiger partial charge on any atom is -0.464 e. The summed E-state index contributed by atoms with van der Waals surface area (Å²) in [4.78, 5) is 16.3. The number of aromatic nitrogens is 3. The Kier molecular flexibility index (Phi) is 11.4. The second-order valence-electron chi connectivity index (χ2n) is 9.08. The number of para-hydroxylation sites is 1. The quantitative estimate of drug-likeness (QED) is 0.200. The lowest BCUT2D eigenvalue weighted by atomic mass is 10.1. The molecule has 3 heterocycles. The lowest BCUT2D eigenvalue weighted by molar-refractivity contribution is -0.143. The van der Waals surface area contributed by atoms with Crippen molar-refractivity contribution in [1.82, 2.24) is 19.7 Å². The Morgan fingerprint density at radius 1 is 1.27 bits per heavy atom. The third-order valence-electron chi connectivity index (χ3n) is 6.45. The number of nitrogen functional groups attached to an aromatic ring is 1. The number of hydrogen-bond donors (Lipinski definition) is 3. The molecule has 13 nitrogen and oxygen atoms in total. The number of hydrogen-bond acceptors (Lipinski definition) is 11. The number of nitrogens with two attached hydrogens (primary N) is 1. The average molecular weight is 575 g/mol. The van der Waals surface area contributed by atoms with E-state index in [2.05, 4.69) is 21.7 Å². The van der Waals surface area contributed by atoms with Crippen LogP contribution in [0.4, 0.5) is 5.82 Å². The van der Waals surface area contributed by atoms with Crippen LogP contribution in [0.2, 0.25) is 0 Å². The molecule has 0 spiro atoms. The fraction of sp³-hybridized carbons (Fsp3) is 0.462. The smallest absolute Gasteiger partial charge is 0.459 e. The normalized spacial score (nSPS) is 20.0. The Morgan fingerprint density at radius 2 is 2.00 bits per heavy atom. The van der Waals surface area contributed by atoms with Crippen LogP contribution in [-0.2, 0) is 23.4 Å². The van der Waals surface area contributed by atoms with Crippen LogP contribution < -0.4 is 15.3 Å². The van der Waals surface area contributed by atoms with Gasteiger partial charge in [-0.2, -0.15) is 5.10 Å². The van der Waals surface area contributed by atoms with Crippen molar-refractivity contribution in [2.45, 2.75) is 51.4 Å². The van der Waals surface area contributed by atoms with Crippen molar-refractivity contribution < 1.29 is 33.0 Å². The Hall–Kier alpha value is -3.53. The molecule has 0 amide bonds. The topological polar surface area (TPSA) is 183 Å². The third-order valence-corrected chi connectivity index (χ3v) is 7.93. The molecule has 4 rings (SSSR count). The molecule has 0 saturated carbocycles. The number of nitrogens with zero attached hydrogens (tertiary/aromatic N) is 4. The number of esters is 1. The monoisotopic (exact) mass is 574 g/mol. The first-order valence-corrected chi connectivity index (χ1v) is 14.4. The predicted octanol–water partition coefficient (Wildman–Crippen LogP) is 3.41. The van der Waals surface area contributed by atoms with Crippen molar-refractivity contribution in [3.8, 4) is 12.3 Å². The molecule has 40 heavy (non-hydrogen) atoms. The maximum absolute atomic E-state index is 13.6. The molecule has 4 N–H and O–H groups in total. The number of nitrogens with one attached hydrogen (secondary N) is 1. The van der Waals surface area contributed by atoms with Crippen LogP contribution in [0.5, 0.6) is 5.75 Å². The number of anilines is 1. The lowest BCUT2D eigenvalue weighted by Gasteiger charge is -2.22. The van der Waals surface area contributed by atoms with E-state index in [0.29, 0.717) is 29.4 Å². The zero-order valence-corrected chi connectivity index (χ0v) is 23.4. The summed E-state index contributed by atoms with van der Waals surface area (Å²) in [6, 6.07) is 12.0. The highest BCUT2D eigenvalue weighted by molar-refractivity contribution is 7.52. The largest absolute Gasteiger partial charge is 0.464 e. The number of benzene rings is 1. The average Bonchev–Trinajstić information content (AvgIpc) is 3.57. The summed E-state index contributed by atoms with van der Waals surface area (Å²) in [6.07, 6.45) is 1.17. The number of carbonyl (C=O) groups is 1. The summed E-state index contributed by atoms with van der Waals surface area (Å²) >= 11 is 0. The van der Waals surface area contributed by atoms with Gasteiger partial charge in [0.2, 0.25) is 0 Å². The summed E-state index contributed by atoms with van der Waals surface area (Å²) in [5.74, 6) is 0.312. The van der Waals surface area contributed by atoms with Crippen LogP contribution in [0, 0.1) is 17.8 Å². The van der Waals surface area contributed by atoms with Gasteiger partial charge in [0.25, 0.3) is 0 Å². The molecule has 14 heteroatoms. The van der Waals surface area contributed by atoms with E-state index in [1.807, 2.05) is 13.8 Å². The van der Waals surface area contributed by atoms with Gasteiger partial charge in [-0.3, -0.25) is 9.32 Å². The van der Waals surface area contributed by atoms with E-state index >= 15 is 0 Å². The Balaban J connectivity index is 0.00000216. The molecule has 1 aliphatic heterocycles. The van der Waals surface area contributed by atoms with Crippen molar-refractivity contribution >= 4 is 25.1 Å². The molecule has 1 saturated heterocycles. The number of aliphatic hydroxyl groups is 1. The highest BCUT2D eigenvalue weighted by Crippen LogP contribution is 2.45. The van der Waals surface area contributed by atoms with Crippen molar-refractivity contribution in [3.05, 3.63) is 54.5 Å². The van der Waals surface area contributed by atoms with Gasteiger partial charge in [0.1, 0.15) is 30.2 Å². The Bertz CT molecular complexity index is 1300. The van der Waals surface area contributed by atoms with Crippen molar-refractivity contribution in [3.63, 3.8) is 0 Å². The summed E-state index contributed by atoms with van der Waals surface area (Å²) in [5, 5.41) is 24.0. The molecule has 1 fully saturated rings. The van der Waals surface area contributed by atoms with E-state index in [4.69, 9.17) is 29.5 Å². The molecule has 3 unspecified atom stereocenters. The summed E-state index contributed by atoms with van der Waals surface area (Å²) < 4.78 is 37.8. The maximum atomic E-state index is 13.6. The van der Waals surface area contributed by atoms with Gasteiger partial charge in [0, 0.05) is 13.0 Å². The molecule has 2 aromatic heterocycles. The lowest BCUT2D eigenvalue weighted by Crippen LogP contribution is -2.28. The van der Waals surface area contributed by atoms with Crippen molar-refractivity contribution in [1.29, 1.82) is 5.26 Å². The number of rotatable bonds is 13. The van der Waals surface area contributed by atoms with Gasteiger partial charge in [-0.25, -0.2) is 24.4 Å². The van der Waals surface area contributed by atoms with Crippen LogP contribution in [0.1, 0.15) is 44.9 Å². The highest BCUT2D eigenvalue weighted by Gasteiger charge is 2.39. The fourth-order valence-electron chi connectivity index (χ4n) is 4.16. The van der Waals surface area contributed by atoms with Gasteiger partial charge >= 0.3 is 13.7 Å². The standard InChI is InChI=1S/C25H34N5O7P.CHN/c1-3-17(4-2)14-34-23(32)13-29-38(33,37-18-8-6-5-7-9-18)35-15-19-12-22(31)24(36-19)20-10-11-21-25(26)27-16-28-30(20)21;1-2/h5-11,16-17,19,22,24,31H,3-4,12-15H2,1-2H3,(H,29,33)(H2,26,27,28);1H/t19?,22?,24?,38-;/m0./s1. The van der Waals surface area contributed by atoms with Crippen LogP contribution in [-0.4, -0.2) is 57.6 Å². The molecular weight excluding hydrogens is 539 g/mol. The van der Waals surface area contributed by atoms with Gasteiger partial charge in [0.15, 0.2) is 5.82 Å². The number of aliphatic hydroxyl groups excluding tert-OH is 1. The predicted molar refractivity (Wildman–Crippen MR) is 146 cm³/mol. The fourth-order valence-corrected chi connectivity index (χ4v) is 5.46. The van der Waals surface area contributed by atoms with E-state index in [0.717, 1.165) is 12.8 Å². The Morgan fingerprint density at radius 3 is 2.70 bits per heavy atom. The van der Waals surface area contributed by atoms with Crippen molar-refractivity contribution in [2.75, 3.05) is 25.5 Å². The molecule has 4 atom stereocenters. The van der Waals surface area contributed by atoms with E-state index in [9.17, 15) is 14.5 Å². The van der Waals surface area contributed by atoms with E-state index in [1.54, 1.807) is 47.0 Å². The second-order valence-corrected chi connectivity index (χ2v) is 10.8. The first-order chi connectivity index (χ1) is 19.3. The van der Waals surface area contributed by atoms with Crippen LogP contribution >= 0.6 is 7.75 Å². The molecular formula is C26H35N6O7P. The van der Waals surface area contributed by atoms with Crippen molar-refractivity contribution in [2.24, 2.45) is 5.92 Å². The van der Waals surface area contributed by atoms with Gasteiger partial charge in [-0.1, -0.05) is 44.9 Å². The van der Waals surface area contributed by atoms with Gasteiger partial charge in [-0.05, 0) is 30.2 Å². The minimum absolute atomic E-state index is 0.159. The molecule has 0 aliphatic carbocycles. The SMILES string of the molecule is C#N.CCC(CC)COC(=O)CN[P@](=O)(OCC1CC(O)C(c2ccc3c(N)ncnn23)O1)Oc1ccccc1. The first kappa shape index (κ1) is 31.0. The van der Waals surface area contributed by atoms with E-state index in [-0.39, 0.29) is 25.5 Å². The number of nitriles is 1. The van der Waals surface area contributed by atoms with Gasteiger partial charge in [0.05, 0.1) is 31.1 Å². The third kappa shape index (κ3) is 8.00. The van der Waals surface area contributed by atoms with E-state index < -0.39 is 32.0 Å². The summed E-state index contributed by atoms with van der Waals surface area (Å²) in [7, 11) is -4.01. The van der Waals surface area contributed by atoms with E-state index in [1.165, 1.54) is 6.33 Å². The van der Waals surface area contributed by atoms with Crippen LogP contribution in [0.25, 0.3) is 5.52 Å². The summed E-state index contributed by atoms with van der Waals surface area (Å²) in [6.45, 7) is 7.33. The highest BCUT2D eigenvalue weighted by atomic mass is 31.2. The molecule has 216 valence electrons. The molecule has 3 aromatic rings. The van der Waals surface area contributed by atoms with Gasteiger partial charge in [-0.15, -0.1) is 0 Å². The first-order valence-electron chi connectivity index (χ1n) is 12.9. The van der Waals surface area contributed by atoms with Crippen LogP contribution in [0.3, 0.4) is 0 Å². The zero-order valence-electron chi connectivity index (χ0n) is 22.5. The molecule has 1 aliphatic rings. The second kappa shape index (κ2) is 14.7. The van der Waals surface area contributed by atoms with Crippen LogP contribution in [0.15, 0.2) is 48.8 Å². The molecule has 0 radical (unpaired) electrons. The number of carbonyl (C=O) groups excluding carboxylic acids is 1. The zero-order chi connectivity index (χ0) is 29.1. The maximum Gasteiger partial charge on any atom is 0.459 e. The Labute approximate surface area is 232 Å². The number of ether oxygens (including phenoxy) is 2. The molecule has 0 bridgehead atoms. The van der Waals surface area contributed by atoms with Gasteiger partial charge < -0.3 is 24.8 Å². The number of fused-ring (bicyclic) bond motifs is 1. The molecule has 1 aromatic carbocycles.